The van der Waals surface area contributed by atoms with Gasteiger partial charge in [-0.2, -0.15) is 0 Å². The molecule has 0 spiro atoms. The molecule has 2 aromatic heterocycles. The Balaban J connectivity index is 2.05. The number of fused-ring (bicyclic) bond motifs is 1. The molecule has 6 nitrogen and oxygen atoms in total. The maximum absolute atomic E-state index is 13.5. The van der Waals surface area contributed by atoms with Crippen molar-refractivity contribution in [1.82, 2.24) is 9.88 Å². The van der Waals surface area contributed by atoms with Crippen LogP contribution in [0, 0.1) is 20.8 Å². The summed E-state index contributed by atoms with van der Waals surface area (Å²) >= 11 is 1.53. The van der Waals surface area contributed by atoms with Gasteiger partial charge in [0.05, 0.1) is 17.4 Å². The molecular formula is C22H29N3O3S. The molecule has 0 N–H and O–H groups in total. The fraction of sp³-hybridized carbons (Fsp3) is 0.455. The van der Waals surface area contributed by atoms with Crippen LogP contribution in [0.25, 0.3) is 10.2 Å². The number of aromatic nitrogens is 1. The lowest BCUT2D eigenvalue weighted by Crippen LogP contribution is -2.39. The molecule has 0 atom stereocenters. The van der Waals surface area contributed by atoms with Crippen LogP contribution in [0.4, 0.5) is 5.13 Å². The molecule has 0 aliphatic carbocycles. The zero-order valence-corrected chi connectivity index (χ0v) is 18.9. The summed E-state index contributed by atoms with van der Waals surface area (Å²) in [6.45, 7) is 13.2. The van der Waals surface area contributed by atoms with Gasteiger partial charge in [0.25, 0.3) is 5.91 Å². The number of amides is 1. The average Bonchev–Trinajstić information content (AvgIpc) is 3.29. The van der Waals surface area contributed by atoms with E-state index >= 15 is 0 Å². The topological polar surface area (TPSA) is 58.8 Å². The van der Waals surface area contributed by atoms with Crippen molar-refractivity contribution in [3.05, 3.63) is 40.8 Å². The van der Waals surface area contributed by atoms with E-state index < -0.39 is 0 Å². The molecule has 0 unspecified atom stereocenters. The molecule has 0 aliphatic rings. The highest BCUT2D eigenvalue weighted by Gasteiger charge is 2.26. The van der Waals surface area contributed by atoms with Crippen molar-refractivity contribution < 1.29 is 13.9 Å². The van der Waals surface area contributed by atoms with Crippen LogP contribution < -0.4 is 9.64 Å². The van der Waals surface area contributed by atoms with Crippen LogP contribution >= 0.6 is 11.3 Å². The molecule has 0 fully saturated rings. The molecule has 29 heavy (non-hydrogen) atoms. The van der Waals surface area contributed by atoms with Gasteiger partial charge in [-0.05, 0) is 51.6 Å². The highest BCUT2D eigenvalue weighted by Crippen LogP contribution is 2.37. The van der Waals surface area contributed by atoms with Crippen LogP contribution in [0.2, 0.25) is 0 Å². The van der Waals surface area contributed by atoms with Crippen molar-refractivity contribution in [3.8, 4) is 5.75 Å². The second-order valence-electron chi connectivity index (χ2n) is 7.07. The SMILES string of the molecule is CCN(CC)CCN(C(=O)c1cc(C)oc1C)c1nc2c(OC)ccc(C)c2s1. The zero-order chi connectivity index (χ0) is 21.1. The van der Waals surface area contributed by atoms with Crippen molar-refractivity contribution in [2.45, 2.75) is 34.6 Å². The summed E-state index contributed by atoms with van der Waals surface area (Å²) in [5.41, 5.74) is 2.51. The van der Waals surface area contributed by atoms with Gasteiger partial charge in [-0.25, -0.2) is 4.98 Å². The fourth-order valence-corrected chi connectivity index (χ4v) is 4.51. The molecule has 0 bridgehead atoms. The highest BCUT2D eigenvalue weighted by atomic mass is 32.1. The molecule has 0 radical (unpaired) electrons. The van der Waals surface area contributed by atoms with Gasteiger partial charge >= 0.3 is 0 Å². The van der Waals surface area contributed by atoms with E-state index in [1.54, 1.807) is 18.1 Å². The molecule has 7 heteroatoms. The Morgan fingerprint density at radius 1 is 1.17 bits per heavy atom. The summed E-state index contributed by atoms with van der Waals surface area (Å²) in [5, 5.41) is 0.683. The number of rotatable bonds is 8. The number of carbonyl (C=O) groups is 1. The Morgan fingerprint density at radius 3 is 2.48 bits per heavy atom. The number of nitrogens with zero attached hydrogens (tertiary/aromatic N) is 3. The Hall–Kier alpha value is -2.38. The zero-order valence-electron chi connectivity index (χ0n) is 18.0. The van der Waals surface area contributed by atoms with Crippen LogP contribution in [0.5, 0.6) is 5.75 Å². The molecule has 1 aromatic carbocycles. The first-order chi connectivity index (χ1) is 13.9. The van der Waals surface area contributed by atoms with Crippen LogP contribution in [0.15, 0.2) is 22.6 Å². The predicted octanol–water partition coefficient (Wildman–Crippen LogP) is 4.81. The summed E-state index contributed by atoms with van der Waals surface area (Å²) in [6, 6.07) is 5.75. The highest BCUT2D eigenvalue weighted by molar-refractivity contribution is 7.22. The third kappa shape index (κ3) is 4.31. The first-order valence-electron chi connectivity index (χ1n) is 9.94. The molecule has 3 rings (SSSR count). The number of benzene rings is 1. The van der Waals surface area contributed by atoms with Gasteiger partial charge in [-0.3, -0.25) is 9.69 Å². The molecule has 1 amide bonds. The number of ether oxygens (including phenoxy) is 1. The quantitative estimate of drug-likeness (QED) is 0.528. The molecule has 3 aromatic rings. The van der Waals surface area contributed by atoms with E-state index in [2.05, 4.69) is 25.7 Å². The summed E-state index contributed by atoms with van der Waals surface area (Å²) in [7, 11) is 1.64. The number of methoxy groups -OCH3 is 1. The lowest BCUT2D eigenvalue weighted by Gasteiger charge is -2.24. The number of hydrogen-bond acceptors (Lipinski definition) is 6. The molecule has 156 valence electrons. The van der Waals surface area contributed by atoms with Gasteiger partial charge in [-0.15, -0.1) is 0 Å². The molecule has 0 saturated carbocycles. The number of likely N-dealkylation sites (N-methyl/N-ethyl adjacent to an activating group) is 1. The van der Waals surface area contributed by atoms with Gasteiger partial charge in [-0.1, -0.05) is 31.3 Å². The summed E-state index contributed by atoms with van der Waals surface area (Å²) in [6.07, 6.45) is 0. The van der Waals surface area contributed by atoms with Crippen molar-refractivity contribution in [2.24, 2.45) is 0 Å². The number of hydrogen-bond donors (Lipinski definition) is 0. The first-order valence-corrected chi connectivity index (χ1v) is 10.8. The Labute approximate surface area is 176 Å². The van der Waals surface area contributed by atoms with Gasteiger partial charge in [0.1, 0.15) is 22.8 Å². The molecule has 2 heterocycles. The molecule has 0 saturated heterocycles. The second kappa shape index (κ2) is 8.97. The first kappa shape index (κ1) is 21.3. The number of carbonyl (C=O) groups excluding carboxylic acids is 1. The molecule has 0 aliphatic heterocycles. The van der Waals surface area contributed by atoms with Crippen molar-refractivity contribution in [3.63, 3.8) is 0 Å². The lowest BCUT2D eigenvalue weighted by molar-refractivity contribution is 0.0982. The number of anilines is 1. The third-order valence-electron chi connectivity index (χ3n) is 5.19. The van der Waals surface area contributed by atoms with Crippen LogP contribution in [0.3, 0.4) is 0 Å². The second-order valence-corrected chi connectivity index (χ2v) is 8.05. The fourth-order valence-electron chi connectivity index (χ4n) is 3.43. The minimum Gasteiger partial charge on any atom is -0.494 e. The van der Waals surface area contributed by atoms with E-state index in [9.17, 15) is 4.79 Å². The minimum atomic E-state index is -0.0813. The van der Waals surface area contributed by atoms with E-state index in [-0.39, 0.29) is 5.91 Å². The van der Waals surface area contributed by atoms with Crippen molar-refractivity contribution in [2.75, 3.05) is 38.2 Å². The van der Waals surface area contributed by atoms with E-state index in [1.807, 2.05) is 26.0 Å². The monoisotopic (exact) mass is 415 g/mol. The lowest BCUT2D eigenvalue weighted by atomic mass is 10.2. The largest absolute Gasteiger partial charge is 0.494 e. The number of aryl methyl sites for hydroxylation is 3. The third-order valence-corrected chi connectivity index (χ3v) is 6.41. The van der Waals surface area contributed by atoms with Crippen LogP contribution in [0.1, 0.15) is 41.3 Å². The van der Waals surface area contributed by atoms with E-state index in [0.717, 1.165) is 46.9 Å². The smallest absolute Gasteiger partial charge is 0.263 e. The number of furan rings is 1. The Kier molecular flexibility index (Phi) is 6.59. The van der Waals surface area contributed by atoms with E-state index in [4.69, 9.17) is 14.1 Å². The molecular weight excluding hydrogens is 386 g/mol. The van der Waals surface area contributed by atoms with Gasteiger partial charge in [0, 0.05) is 13.1 Å². The average molecular weight is 416 g/mol. The van der Waals surface area contributed by atoms with Gasteiger partial charge in [0.15, 0.2) is 5.13 Å². The van der Waals surface area contributed by atoms with Crippen molar-refractivity contribution >= 4 is 32.6 Å². The van der Waals surface area contributed by atoms with Crippen LogP contribution in [-0.2, 0) is 0 Å². The summed E-state index contributed by atoms with van der Waals surface area (Å²) in [4.78, 5) is 22.3. The van der Waals surface area contributed by atoms with E-state index in [0.29, 0.717) is 23.0 Å². The van der Waals surface area contributed by atoms with Gasteiger partial charge < -0.3 is 14.1 Å². The Morgan fingerprint density at radius 2 is 1.90 bits per heavy atom. The predicted molar refractivity (Wildman–Crippen MR) is 119 cm³/mol. The maximum atomic E-state index is 13.5. The Bertz CT molecular complexity index is 1000. The summed E-state index contributed by atoms with van der Waals surface area (Å²) in [5.74, 6) is 2.01. The number of thiazole rings is 1. The maximum Gasteiger partial charge on any atom is 0.263 e. The van der Waals surface area contributed by atoms with E-state index in [1.165, 1.54) is 11.3 Å². The summed E-state index contributed by atoms with van der Waals surface area (Å²) < 4.78 is 12.1. The van der Waals surface area contributed by atoms with Crippen molar-refractivity contribution in [1.29, 1.82) is 0 Å². The minimum absolute atomic E-state index is 0.0813. The normalized spacial score (nSPS) is 11.4. The van der Waals surface area contributed by atoms with Crippen LogP contribution in [-0.4, -0.2) is 49.1 Å². The van der Waals surface area contributed by atoms with Gasteiger partial charge in [0.2, 0.25) is 0 Å². The standard InChI is InChI=1S/C22H29N3O3S/c1-7-24(8-2)11-12-25(21(26)17-13-15(4)28-16(17)5)22-23-19-18(27-6)10-9-14(3)20(19)29-22/h9-10,13H,7-8,11-12H2,1-6H3.